The van der Waals surface area contributed by atoms with Crippen LogP contribution < -0.4 is 0 Å². The van der Waals surface area contributed by atoms with Gasteiger partial charge in [-0.3, -0.25) is 4.79 Å². The summed E-state index contributed by atoms with van der Waals surface area (Å²) in [6.45, 7) is 1.96. The van der Waals surface area contributed by atoms with Crippen molar-refractivity contribution in [3.63, 3.8) is 0 Å². The number of rotatable bonds is 10. The second-order valence-electron chi connectivity index (χ2n) is 4.10. The number of carboxylic acid groups (broad SMARTS) is 1. The molecule has 3 heteroatoms. The number of hydrogen-bond acceptors (Lipinski definition) is 2. The van der Waals surface area contributed by atoms with Crippen molar-refractivity contribution in [1.29, 1.82) is 0 Å². The molecule has 3 nitrogen and oxygen atoms in total. The van der Waals surface area contributed by atoms with Crippen molar-refractivity contribution in [3.8, 4) is 0 Å². The van der Waals surface area contributed by atoms with Gasteiger partial charge in [-0.15, -0.1) is 0 Å². The van der Waals surface area contributed by atoms with Gasteiger partial charge in [0.1, 0.15) is 0 Å². The van der Waals surface area contributed by atoms with Crippen molar-refractivity contribution < 1.29 is 15.0 Å². The summed E-state index contributed by atoms with van der Waals surface area (Å²) in [5.41, 5.74) is 0. The Bertz CT molecular complexity index is 199. The third-order valence-corrected chi connectivity index (χ3v) is 2.54. The standard InChI is InChI=1S/C13H24O3/c1-2-12(14)10-8-6-4-3-5-7-9-11-13(15)16/h8,10,12,14H,2-7,9,11H2,1H3,(H,15,16)/b10-8+/t12-/m1/s1. The molecule has 16 heavy (non-hydrogen) atoms. The number of allylic oxidation sites excluding steroid dienone is 1. The van der Waals surface area contributed by atoms with Crippen LogP contribution in [0.4, 0.5) is 0 Å². The normalized spacial score (nSPS) is 13.1. The Morgan fingerprint density at radius 3 is 2.44 bits per heavy atom. The summed E-state index contributed by atoms with van der Waals surface area (Å²) in [6, 6.07) is 0. The van der Waals surface area contributed by atoms with Gasteiger partial charge in [0.15, 0.2) is 0 Å². The first-order valence-corrected chi connectivity index (χ1v) is 6.23. The lowest BCUT2D eigenvalue weighted by molar-refractivity contribution is -0.137. The SMILES string of the molecule is CC[C@@H](O)/C=C/CCCCCCCC(=O)O. The fraction of sp³-hybridized carbons (Fsp3) is 0.769. The Morgan fingerprint density at radius 1 is 1.19 bits per heavy atom. The maximum atomic E-state index is 10.2. The van der Waals surface area contributed by atoms with Gasteiger partial charge in [-0.2, -0.15) is 0 Å². The van der Waals surface area contributed by atoms with E-state index in [1.165, 1.54) is 0 Å². The highest BCUT2D eigenvalue weighted by Crippen LogP contribution is 2.07. The molecule has 94 valence electrons. The summed E-state index contributed by atoms with van der Waals surface area (Å²) in [4.78, 5) is 10.2. The van der Waals surface area contributed by atoms with Gasteiger partial charge in [-0.05, 0) is 25.7 Å². The molecule has 0 aliphatic heterocycles. The fourth-order valence-corrected chi connectivity index (χ4v) is 1.46. The van der Waals surface area contributed by atoms with Crippen LogP contribution in [0, 0.1) is 0 Å². The van der Waals surface area contributed by atoms with Crippen LogP contribution in [0.5, 0.6) is 0 Å². The zero-order valence-electron chi connectivity index (χ0n) is 10.2. The molecule has 0 aromatic heterocycles. The van der Waals surface area contributed by atoms with Gasteiger partial charge in [0.25, 0.3) is 0 Å². The van der Waals surface area contributed by atoms with Crippen molar-refractivity contribution in [3.05, 3.63) is 12.2 Å². The van der Waals surface area contributed by atoms with Crippen molar-refractivity contribution in [1.82, 2.24) is 0 Å². The fourth-order valence-electron chi connectivity index (χ4n) is 1.46. The number of aliphatic carboxylic acids is 1. The second-order valence-corrected chi connectivity index (χ2v) is 4.10. The molecule has 0 bridgehead atoms. The molecule has 0 radical (unpaired) electrons. The number of aliphatic hydroxyl groups excluding tert-OH is 1. The van der Waals surface area contributed by atoms with Crippen molar-refractivity contribution in [2.75, 3.05) is 0 Å². The Morgan fingerprint density at radius 2 is 1.81 bits per heavy atom. The molecule has 1 atom stereocenters. The monoisotopic (exact) mass is 228 g/mol. The molecule has 2 N–H and O–H groups in total. The van der Waals surface area contributed by atoms with Crippen LogP contribution in [-0.2, 0) is 4.79 Å². The lowest BCUT2D eigenvalue weighted by atomic mass is 10.1. The van der Waals surface area contributed by atoms with E-state index in [1.54, 1.807) is 0 Å². The van der Waals surface area contributed by atoms with Crippen LogP contribution in [0.1, 0.15) is 58.3 Å². The Labute approximate surface area is 98.2 Å². The highest BCUT2D eigenvalue weighted by molar-refractivity contribution is 5.66. The van der Waals surface area contributed by atoms with Crippen LogP contribution in [0.25, 0.3) is 0 Å². The topological polar surface area (TPSA) is 57.5 Å². The van der Waals surface area contributed by atoms with E-state index < -0.39 is 5.97 Å². The second kappa shape index (κ2) is 10.7. The third kappa shape index (κ3) is 11.2. The average molecular weight is 228 g/mol. The highest BCUT2D eigenvalue weighted by atomic mass is 16.4. The largest absolute Gasteiger partial charge is 0.481 e. The molecule has 0 amide bonds. The quantitative estimate of drug-likeness (QED) is 0.446. The minimum Gasteiger partial charge on any atom is -0.481 e. The Kier molecular flexibility index (Phi) is 10.1. The number of unbranched alkanes of at least 4 members (excludes halogenated alkanes) is 5. The van der Waals surface area contributed by atoms with Crippen LogP contribution in [0.15, 0.2) is 12.2 Å². The maximum absolute atomic E-state index is 10.2. The Balaban J connectivity index is 3.15. The summed E-state index contributed by atoms with van der Waals surface area (Å²) in [5, 5.41) is 17.7. The lowest BCUT2D eigenvalue weighted by Gasteiger charge is -2.00. The summed E-state index contributed by atoms with van der Waals surface area (Å²) in [5.74, 6) is -0.698. The van der Waals surface area contributed by atoms with Crippen molar-refractivity contribution in [2.45, 2.75) is 64.4 Å². The minimum atomic E-state index is -0.698. The van der Waals surface area contributed by atoms with Crippen LogP contribution in [-0.4, -0.2) is 22.3 Å². The zero-order valence-corrected chi connectivity index (χ0v) is 10.2. The van der Waals surface area contributed by atoms with E-state index in [4.69, 9.17) is 5.11 Å². The van der Waals surface area contributed by atoms with Gasteiger partial charge in [0.2, 0.25) is 0 Å². The third-order valence-electron chi connectivity index (χ3n) is 2.54. The molecule has 0 aromatic carbocycles. The summed E-state index contributed by atoms with van der Waals surface area (Å²) in [7, 11) is 0. The molecule has 0 fully saturated rings. The summed E-state index contributed by atoms with van der Waals surface area (Å²) < 4.78 is 0. The van der Waals surface area contributed by atoms with E-state index in [-0.39, 0.29) is 6.10 Å². The molecule has 0 spiro atoms. The van der Waals surface area contributed by atoms with Gasteiger partial charge in [-0.1, -0.05) is 38.3 Å². The van der Waals surface area contributed by atoms with Crippen molar-refractivity contribution >= 4 is 5.97 Å². The molecule has 0 aliphatic carbocycles. The predicted molar refractivity (Wildman–Crippen MR) is 65.4 cm³/mol. The predicted octanol–water partition coefficient (Wildman–Crippen LogP) is 3.13. The number of hydrogen-bond donors (Lipinski definition) is 2. The molecular formula is C13H24O3. The molecular weight excluding hydrogens is 204 g/mol. The molecule has 0 saturated carbocycles. The van der Waals surface area contributed by atoms with E-state index in [1.807, 2.05) is 19.1 Å². The molecule has 0 unspecified atom stereocenters. The number of carboxylic acids is 1. The van der Waals surface area contributed by atoms with Gasteiger partial charge in [-0.25, -0.2) is 0 Å². The van der Waals surface area contributed by atoms with Crippen LogP contribution >= 0.6 is 0 Å². The molecule has 0 saturated heterocycles. The van der Waals surface area contributed by atoms with E-state index in [2.05, 4.69) is 0 Å². The lowest BCUT2D eigenvalue weighted by Crippen LogP contribution is -1.97. The summed E-state index contributed by atoms with van der Waals surface area (Å²) in [6.07, 6.45) is 10.8. The maximum Gasteiger partial charge on any atom is 0.303 e. The smallest absolute Gasteiger partial charge is 0.303 e. The van der Waals surface area contributed by atoms with E-state index in [0.29, 0.717) is 6.42 Å². The Hall–Kier alpha value is -0.830. The molecule has 0 aromatic rings. The zero-order chi connectivity index (χ0) is 12.2. The first kappa shape index (κ1) is 15.2. The first-order valence-electron chi connectivity index (χ1n) is 6.23. The minimum absolute atomic E-state index is 0.294. The molecule has 0 aliphatic rings. The average Bonchev–Trinajstić information content (AvgIpc) is 2.26. The van der Waals surface area contributed by atoms with Gasteiger partial charge < -0.3 is 10.2 Å². The number of carbonyl (C=O) groups is 1. The van der Waals surface area contributed by atoms with E-state index in [0.717, 1.165) is 44.9 Å². The van der Waals surface area contributed by atoms with E-state index >= 15 is 0 Å². The van der Waals surface area contributed by atoms with Crippen LogP contribution in [0.3, 0.4) is 0 Å². The van der Waals surface area contributed by atoms with Gasteiger partial charge in [0, 0.05) is 6.42 Å². The molecule has 0 rings (SSSR count). The molecule has 0 heterocycles. The first-order chi connectivity index (χ1) is 7.66. The number of aliphatic hydroxyl groups is 1. The van der Waals surface area contributed by atoms with E-state index in [9.17, 15) is 9.90 Å². The van der Waals surface area contributed by atoms with Crippen molar-refractivity contribution in [2.24, 2.45) is 0 Å². The summed E-state index contributed by atoms with van der Waals surface area (Å²) >= 11 is 0. The van der Waals surface area contributed by atoms with Gasteiger partial charge in [0.05, 0.1) is 6.10 Å². The van der Waals surface area contributed by atoms with Gasteiger partial charge >= 0.3 is 5.97 Å². The van der Waals surface area contributed by atoms with Crippen LogP contribution in [0.2, 0.25) is 0 Å². The highest BCUT2D eigenvalue weighted by Gasteiger charge is 1.96.